The van der Waals surface area contributed by atoms with Gasteiger partial charge in [0.05, 0.1) is 12.6 Å². The molecule has 0 saturated carbocycles. The van der Waals surface area contributed by atoms with Crippen molar-refractivity contribution in [1.29, 1.82) is 0 Å². The number of carbonyl (C=O) groups excluding carboxylic acids is 1. The predicted octanol–water partition coefficient (Wildman–Crippen LogP) is 1.51. The second-order valence-corrected chi connectivity index (χ2v) is 5.78. The fourth-order valence-electron chi connectivity index (χ4n) is 3.06. The molecule has 20 heavy (non-hydrogen) atoms. The molecule has 5 heteroatoms. The summed E-state index contributed by atoms with van der Waals surface area (Å²) in [6.07, 6.45) is 1.50. The number of hydrogen-bond donors (Lipinski definition) is 2. The highest BCUT2D eigenvalue weighted by molar-refractivity contribution is 5.82. The van der Waals surface area contributed by atoms with Crippen LogP contribution in [0.4, 0.5) is 8.78 Å². The minimum atomic E-state index is -2.76. The number of carbonyl (C=O) groups is 1. The summed E-state index contributed by atoms with van der Waals surface area (Å²) in [6, 6.07) is 7.50. The Labute approximate surface area is 116 Å². The van der Waals surface area contributed by atoms with Crippen molar-refractivity contribution in [2.75, 3.05) is 13.1 Å². The molecule has 1 heterocycles. The average molecular weight is 280 g/mol. The van der Waals surface area contributed by atoms with E-state index in [0.29, 0.717) is 12.5 Å². The maximum absolute atomic E-state index is 13.0. The number of alkyl halides is 2. The summed E-state index contributed by atoms with van der Waals surface area (Å²) in [7, 11) is 0. The van der Waals surface area contributed by atoms with Gasteiger partial charge in [-0.05, 0) is 29.9 Å². The third kappa shape index (κ3) is 2.82. The Bertz CT molecular complexity index is 493. The Morgan fingerprint density at radius 1 is 1.30 bits per heavy atom. The first-order valence-electron chi connectivity index (χ1n) is 6.99. The summed E-state index contributed by atoms with van der Waals surface area (Å²) < 4.78 is 26.1. The molecule has 3 nitrogen and oxygen atoms in total. The molecule has 1 aromatic carbocycles. The van der Waals surface area contributed by atoms with Crippen molar-refractivity contribution >= 4 is 5.91 Å². The second-order valence-electron chi connectivity index (χ2n) is 5.78. The van der Waals surface area contributed by atoms with Crippen LogP contribution in [-0.4, -0.2) is 31.0 Å². The topological polar surface area (TPSA) is 41.1 Å². The van der Waals surface area contributed by atoms with E-state index in [1.54, 1.807) is 0 Å². The number of halogens is 2. The van der Waals surface area contributed by atoms with Crippen LogP contribution in [0.1, 0.15) is 17.5 Å². The quantitative estimate of drug-likeness (QED) is 0.881. The molecule has 0 radical (unpaired) electrons. The lowest BCUT2D eigenvalue weighted by Crippen LogP contribution is -2.42. The number of nitrogens with one attached hydrogen (secondary N) is 2. The summed E-state index contributed by atoms with van der Waals surface area (Å²) in [5, 5.41) is 5.38. The molecule has 1 fully saturated rings. The van der Waals surface area contributed by atoms with E-state index >= 15 is 0 Å². The van der Waals surface area contributed by atoms with Crippen LogP contribution in [0.15, 0.2) is 24.3 Å². The van der Waals surface area contributed by atoms with Crippen LogP contribution in [0.3, 0.4) is 0 Å². The first-order chi connectivity index (χ1) is 9.53. The van der Waals surface area contributed by atoms with Gasteiger partial charge in [-0.15, -0.1) is 0 Å². The summed E-state index contributed by atoms with van der Waals surface area (Å²) in [6.45, 7) is 0.150. The second kappa shape index (κ2) is 5.13. The van der Waals surface area contributed by atoms with Crippen molar-refractivity contribution in [1.82, 2.24) is 10.6 Å². The highest BCUT2D eigenvalue weighted by atomic mass is 19.3. The maximum atomic E-state index is 13.0. The zero-order valence-corrected chi connectivity index (χ0v) is 11.2. The van der Waals surface area contributed by atoms with Crippen LogP contribution in [-0.2, 0) is 17.6 Å². The minimum absolute atomic E-state index is 0.307. The van der Waals surface area contributed by atoms with Crippen LogP contribution in [0.5, 0.6) is 0 Å². The molecule has 2 aliphatic rings. The number of amides is 1. The van der Waals surface area contributed by atoms with E-state index in [-0.39, 0.29) is 5.91 Å². The molecular weight excluding hydrogens is 262 g/mol. The van der Waals surface area contributed by atoms with E-state index in [2.05, 4.69) is 22.8 Å². The third-order valence-electron chi connectivity index (χ3n) is 4.13. The molecule has 0 spiro atoms. The van der Waals surface area contributed by atoms with Crippen molar-refractivity contribution < 1.29 is 13.6 Å². The van der Waals surface area contributed by atoms with Crippen LogP contribution >= 0.6 is 0 Å². The Kier molecular flexibility index (Phi) is 3.46. The van der Waals surface area contributed by atoms with E-state index < -0.39 is 24.9 Å². The van der Waals surface area contributed by atoms with E-state index in [4.69, 9.17) is 0 Å². The molecule has 1 amide bonds. The van der Waals surface area contributed by atoms with Gasteiger partial charge in [-0.25, -0.2) is 8.78 Å². The Hall–Kier alpha value is -1.49. The summed E-state index contributed by atoms with van der Waals surface area (Å²) in [5.41, 5.74) is 2.66. The minimum Gasteiger partial charge on any atom is -0.354 e. The van der Waals surface area contributed by atoms with Crippen LogP contribution < -0.4 is 10.6 Å². The van der Waals surface area contributed by atoms with Gasteiger partial charge in [0, 0.05) is 13.0 Å². The van der Waals surface area contributed by atoms with Crippen LogP contribution in [0.25, 0.3) is 0 Å². The smallest absolute Gasteiger partial charge is 0.262 e. The molecule has 1 saturated heterocycles. The van der Waals surface area contributed by atoms with Gasteiger partial charge in [0.15, 0.2) is 0 Å². The first kappa shape index (κ1) is 13.5. The van der Waals surface area contributed by atoms with Gasteiger partial charge in [-0.2, -0.15) is 0 Å². The Morgan fingerprint density at radius 2 is 1.95 bits per heavy atom. The zero-order chi connectivity index (χ0) is 14.2. The highest BCUT2D eigenvalue weighted by Crippen LogP contribution is 2.27. The number of rotatable bonds is 3. The number of hydrogen-bond acceptors (Lipinski definition) is 2. The molecule has 2 N–H and O–H groups in total. The van der Waals surface area contributed by atoms with Gasteiger partial charge < -0.3 is 5.32 Å². The molecule has 1 unspecified atom stereocenters. The van der Waals surface area contributed by atoms with Gasteiger partial charge in [0.1, 0.15) is 0 Å². The largest absolute Gasteiger partial charge is 0.354 e. The molecule has 1 atom stereocenters. The van der Waals surface area contributed by atoms with E-state index in [0.717, 1.165) is 12.8 Å². The zero-order valence-electron chi connectivity index (χ0n) is 11.2. The molecule has 108 valence electrons. The molecule has 3 rings (SSSR count). The predicted molar refractivity (Wildman–Crippen MR) is 71.7 cm³/mol. The lowest BCUT2D eigenvalue weighted by atomic mass is 10.1. The van der Waals surface area contributed by atoms with Crippen molar-refractivity contribution in [3.63, 3.8) is 0 Å². The van der Waals surface area contributed by atoms with Crippen LogP contribution in [0.2, 0.25) is 0 Å². The van der Waals surface area contributed by atoms with Gasteiger partial charge in [0.25, 0.3) is 5.92 Å². The molecule has 1 aromatic rings. The molecule has 0 aromatic heterocycles. The Balaban J connectivity index is 1.48. The van der Waals surface area contributed by atoms with E-state index in [1.165, 1.54) is 11.1 Å². The molecule has 1 aliphatic carbocycles. The molecule has 0 bridgehead atoms. The van der Waals surface area contributed by atoms with Gasteiger partial charge in [-0.3, -0.25) is 10.1 Å². The van der Waals surface area contributed by atoms with E-state index in [1.807, 2.05) is 12.1 Å². The first-order valence-corrected chi connectivity index (χ1v) is 6.99. The SMILES string of the molecule is O=C(NCC1Cc2ccccc2C1)C1CC(F)(F)CN1. The number of benzene rings is 1. The highest BCUT2D eigenvalue weighted by Gasteiger charge is 2.42. The third-order valence-corrected chi connectivity index (χ3v) is 4.13. The van der Waals surface area contributed by atoms with Crippen molar-refractivity contribution in [3.8, 4) is 0 Å². The van der Waals surface area contributed by atoms with Gasteiger partial charge >= 0.3 is 0 Å². The standard InChI is InChI=1S/C15H18F2N2O/c16-15(17)7-13(19-9-15)14(20)18-8-10-5-11-3-1-2-4-12(11)6-10/h1-4,10,13,19H,5-9H2,(H,18,20). The summed E-state index contributed by atoms with van der Waals surface area (Å²) in [5.74, 6) is -2.69. The lowest BCUT2D eigenvalue weighted by Gasteiger charge is -2.14. The van der Waals surface area contributed by atoms with Gasteiger partial charge in [-0.1, -0.05) is 24.3 Å². The van der Waals surface area contributed by atoms with Gasteiger partial charge in [0.2, 0.25) is 5.91 Å². The van der Waals surface area contributed by atoms with Crippen molar-refractivity contribution in [3.05, 3.63) is 35.4 Å². The molecule has 1 aliphatic heterocycles. The maximum Gasteiger partial charge on any atom is 0.262 e. The summed E-state index contributed by atoms with van der Waals surface area (Å²) >= 11 is 0. The van der Waals surface area contributed by atoms with Crippen molar-refractivity contribution in [2.24, 2.45) is 5.92 Å². The summed E-state index contributed by atoms with van der Waals surface area (Å²) in [4.78, 5) is 11.9. The lowest BCUT2D eigenvalue weighted by molar-refractivity contribution is -0.123. The monoisotopic (exact) mass is 280 g/mol. The van der Waals surface area contributed by atoms with Crippen molar-refractivity contribution in [2.45, 2.75) is 31.2 Å². The number of fused-ring (bicyclic) bond motifs is 1. The molecular formula is C15H18F2N2O. The van der Waals surface area contributed by atoms with E-state index in [9.17, 15) is 13.6 Å². The Morgan fingerprint density at radius 3 is 2.50 bits per heavy atom. The fourth-order valence-corrected chi connectivity index (χ4v) is 3.06. The average Bonchev–Trinajstić information content (AvgIpc) is 2.98. The fraction of sp³-hybridized carbons (Fsp3) is 0.533. The van der Waals surface area contributed by atoms with Crippen LogP contribution in [0, 0.1) is 5.92 Å². The normalized spacial score (nSPS) is 24.6.